The van der Waals surface area contributed by atoms with Crippen molar-refractivity contribution >= 4 is 54.0 Å². The van der Waals surface area contributed by atoms with Crippen LogP contribution < -0.4 is 27.0 Å². The van der Waals surface area contributed by atoms with Gasteiger partial charge in [-0.05, 0) is 65.9 Å². The van der Waals surface area contributed by atoms with E-state index in [1.54, 1.807) is 36.4 Å². The monoisotopic (exact) mass is 575 g/mol. The van der Waals surface area contributed by atoms with Crippen molar-refractivity contribution in [3.05, 3.63) is 131 Å². The highest BCUT2D eigenvalue weighted by atomic mass is 35.5. The maximum atomic E-state index is 12.7. The summed E-state index contributed by atoms with van der Waals surface area (Å²) in [6, 6.07) is 28.0. The summed E-state index contributed by atoms with van der Waals surface area (Å²) in [5.74, 6) is 0.501. The fourth-order valence-electron chi connectivity index (χ4n) is 4.75. The van der Waals surface area contributed by atoms with Crippen LogP contribution in [0.15, 0.2) is 103 Å². The van der Waals surface area contributed by atoms with Crippen LogP contribution in [0.1, 0.15) is 39.4 Å². The molecule has 7 nitrogen and oxygen atoms in total. The third kappa shape index (κ3) is 7.14. The minimum absolute atomic E-state index is 0.00655. The number of benzene rings is 4. The van der Waals surface area contributed by atoms with Gasteiger partial charge in [0.2, 0.25) is 5.91 Å². The topological polar surface area (TPSA) is 108 Å². The molecule has 0 aromatic heterocycles. The van der Waals surface area contributed by atoms with Crippen molar-refractivity contribution in [2.24, 2.45) is 5.92 Å². The van der Waals surface area contributed by atoms with Crippen molar-refractivity contribution < 1.29 is 9.59 Å². The van der Waals surface area contributed by atoms with E-state index in [0.29, 0.717) is 52.0 Å². The third-order valence-corrected chi connectivity index (χ3v) is 7.51. The first-order valence-corrected chi connectivity index (χ1v) is 14.0. The number of hydrogen-bond donors (Lipinski definition) is 5. The van der Waals surface area contributed by atoms with Crippen LogP contribution in [0.25, 0.3) is 0 Å². The van der Waals surface area contributed by atoms with Crippen LogP contribution >= 0.6 is 11.6 Å². The van der Waals surface area contributed by atoms with Crippen molar-refractivity contribution in [3.63, 3.8) is 0 Å². The molecule has 0 saturated heterocycles. The number of carbonyl (C=O) groups excluding carboxylic acids is 2. The molecule has 42 heavy (non-hydrogen) atoms. The van der Waals surface area contributed by atoms with Gasteiger partial charge in [-0.25, -0.2) is 0 Å². The van der Waals surface area contributed by atoms with Crippen molar-refractivity contribution in [1.29, 1.82) is 0 Å². The zero-order valence-corrected chi connectivity index (χ0v) is 23.7. The van der Waals surface area contributed by atoms with Crippen LogP contribution in [-0.2, 0) is 17.7 Å². The van der Waals surface area contributed by atoms with Crippen LogP contribution in [0.2, 0.25) is 5.02 Å². The molecule has 0 bridgehead atoms. The van der Waals surface area contributed by atoms with Gasteiger partial charge in [0.05, 0.1) is 29.9 Å². The first-order chi connectivity index (χ1) is 20.3. The van der Waals surface area contributed by atoms with Gasteiger partial charge < -0.3 is 27.0 Å². The molecule has 0 spiro atoms. The Morgan fingerprint density at radius 3 is 2.31 bits per heavy atom. The molecule has 210 valence electrons. The average Bonchev–Trinajstić information content (AvgIpc) is 3.80. The molecule has 2 atom stereocenters. The minimum atomic E-state index is -0.279. The molecule has 1 aliphatic carbocycles. The molecule has 2 amide bonds. The smallest absolute Gasteiger partial charge is 0.255 e. The van der Waals surface area contributed by atoms with Gasteiger partial charge in [-0.3, -0.25) is 9.59 Å². The number of halogens is 1. The lowest BCUT2D eigenvalue weighted by Gasteiger charge is -2.16. The van der Waals surface area contributed by atoms with E-state index in [2.05, 4.69) is 40.0 Å². The van der Waals surface area contributed by atoms with Crippen LogP contribution in [0.3, 0.4) is 0 Å². The number of amides is 2. The molecular formula is C33H31BClN5O2. The molecule has 6 N–H and O–H groups in total. The highest BCUT2D eigenvalue weighted by Crippen LogP contribution is 2.47. The Hall–Kier alpha value is -4.69. The van der Waals surface area contributed by atoms with Gasteiger partial charge in [0.15, 0.2) is 0 Å². The van der Waals surface area contributed by atoms with Gasteiger partial charge in [0.25, 0.3) is 5.91 Å². The predicted octanol–water partition coefficient (Wildman–Crippen LogP) is 6.26. The van der Waals surface area contributed by atoms with E-state index in [0.717, 1.165) is 17.5 Å². The average molecular weight is 576 g/mol. The standard InChI is InChI=1S/C33H31BClN5O2/c1-20(38-30-14-10-24(16-29(30)36)32(41)40-25-11-7-21(18-34)8-12-25)39-31-15-22(9-13-28(31)35)19-37-33(42)27-17-26(27)23-5-3-2-4-6-23/h2-16,26-27,38-39H,1,17-19,36H2,(H,37,42)(H,40,41)/t26-,27+/m0/s1. The number of anilines is 4. The van der Waals surface area contributed by atoms with E-state index in [1.165, 1.54) is 5.56 Å². The summed E-state index contributed by atoms with van der Waals surface area (Å²) in [5.41, 5.74) is 12.0. The van der Waals surface area contributed by atoms with Crippen LogP contribution in [0.5, 0.6) is 0 Å². The van der Waals surface area contributed by atoms with Crippen molar-refractivity contribution in [2.45, 2.75) is 25.2 Å². The number of hydrogen-bond acceptors (Lipinski definition) is 5. The maximum absolute atomic E-state index is 12.7. The van der Waals surface area contributed by atoms with Crippen LogP contribution in [0, 0.1) is 5.92 Å². The second-order valence-corrected chi connectivity index (χ2v) is 10.7. The van der Waals surface area contributed by atoms with Gasteiger partial charge >= 0.3 is 0 Å². The molecule has 5 rings (SSSR count). The largest absolute Gasteiger partial charge is 0.397 e. The number of rotatable bonds is 11. The lowest BCUT2D eigenvalue weighted by atomic mass is 9.97. The Bertz CT molecular complexity index is 1610. The van der Waals surface area contributed by atoms with Crippen molar-refractivity contribution in [2.75, 3.05) is 21.7 Å². The lowest BCUT2D eigenvalue weighted by molar-refractivity contribution is -0.122. The van der Waals surface area contributed by atoms with Crippen molar-refractivity contribution in [3.8, 4) is 0 Å². The Kier molecular flexibility index (Phi) is 8.84. The van der Waals surface area contributed by atoms with E-state index in [-0.39, 0.29) is 23.7 Å². The zero-order valence-electron chi connectivity index (χ0n) is 23.0. The Morgan fingerprint density at radius 1 is 0.881 bits per heavy atom. The summed E-state index contributed by atoms with van der Waals surface area (Å²) in [5, 5.41) is 12.7. The Labute approximate surface area is 252 Å². The third-order valence-electron chi connectivity index (χ3n) is 7.18. The minimum Gasteiger partial charge on any atom is -0.397 e. The molecule has 0 heterocycles. The molecule has 4 aromatic carbocycles. The fourth-order valence-corrected chi connectivity index (χ4v) is 4.92. The molecule has 1 fully saturated rings. The van der Waals surface area contributed by atoms with E-state index in [1.807, 2.05) is 42.5 Å². The summed E-state index contributed by atoms with van der Waals surface area (Å²) in [7, 11) is 5.63. The van der Waals surface area contributed by atoms with E-state index in [4.69, 9.17) is 25.2 Å². The van der Waals surface area contributed by atoms with Gasteiger partial charge in [-0.15, -0.1) is 0 Å². The second kappa shape index (κ2) is 12.9. The zero-order chi connectivity index (χ0) is 29.6. The Balaban J connectivity index is 1.14. The predicted molar refractivity (Wildman–Crippen MR) is 172 cm³/mol. The number of nitrogen functional groups attached to an aromatic ring is 1. The lowest BCUT2D eigenvalue weighted by Crippen LogP contribution is -2.25. The molecule has 0 aliphatic heterocycles. The first kappa shape index (κ1) is 28.8. The number of nitrogens with two attached hydrogens (primary N) is 1. The molecule has 1 aliphatic rings. The van der Waals surface area contributed by atoms with Crippen LogP contribution in [-0.4, -0.2) is 19.7 Å². The highest BCUT2D eigenvalue weighted by Gasteiger charge is 2.43. The molecular weight excluding hydrogens is 545 g/mol. The van der Waals surface area contributed by atoms with Crippen LogP contribution in [0.4, 0.5) is 22.7 Å². The summed E-state index contributed by atoms with van der Waals surface area (Å²) < 4.78 is 0. The van der Waals surface area contributed by atoms with E-state index >= 15 is 0 Å². The molecule has 4 aromatic rings. The van der Waals surface area contributed by atoms with Gasteiger partial charge in [-0.1, -0.05) is 78.6 Å². The van der Waals surface area contributed by atoms with E-state index < -0.39 is 0 Å². The summed E-state index contributed by atoms with van der Waals surface area (Å²) in [6.07, 6.45) is 1.30. The quantitative estimate of drug-likeness (QED) is 0.107. The number of carbonyl (C=O) groups is 2. The molecule has 1 saturated carbocycles. The second-order valence-electron chi connectivity index (χ2n) is 10.3. The normalized spacial score (nSPS) is 15.4. The highest BCUT2D eigenvalue weighted by molar-refractivity contribution is 6.33. The first-order valence-electron chi connectivity index (χ1n) is 13.6. The van der Waals surface area contributed by atoms with Gasteiger partial charge in [0.1, 0.15) is 5.82 Å². The number of nitrogens with one attached hydrogen (secondary N) is 4. The summed E-state index contributed by atoms with van der Waals surface area (Å²) >= 11 is 6.43. The molecule has 9 heteroatoms. The van der Waals surface area contributed by atoms with E-state index in [9.17, 15) is 9.59 Å². The fraction of sp³-hybridized carbons (Fsp3) is 0.152. The van der Waals surface area contributed by atoms with Gasteiger partial charge in [0, 0.05) is 23.7 Å². The van der Waals surface area contributed by atoms with Crippen molar-refractivity contribution in [1.82, 2.24) is 5.32 Å². The summed E-state index contributed by atoms with van der Waals surface area (Å²) in [4.78, 5) is 25.4. The maximum Gasteiger partial charge on any atom is 0.255 e. The molecule has 0 unspecified atom stereocenters. The summed E-state index contributed by atoms with van der Waals surface area (Å²) in [6.45, 7) is 4.42. The Morgan fingerprint density at radius 2 is 1.60 bits per heavy atom. The SMILES string of the molecule is [B]Cc1ccc(NC(=O)c2ccc(NC(=C)Nc3cc(CNC(=O)[C@@H]4C[C@H]4c4ccccc4)ccc3Cl)c(N)c2)cc1. The molecule has 2 radical (unpaired) electrons. The van der Waals surface area contributed by atoms with Gasteiger partial charge in [-0.2, -0.15) is 0 Å².